The number of pyridine rings is 1. The quantitative estimate of drug-likeness (QED) is 0.701. The van der Waals surface area contributed by atoms with Crippen LogP contribution in [0.5, 0.6) is 0 Å². The van der Waals surface area contributed by atoms with Crippen molar-refractivity contribution in [1.29, 1.82) is 0 Å². The Balaban J connectivity index is 2.02. The number of nitrogens with zero attached hydrogens (tertiary/aromatic N) is 3. The van der Waals surface area contributed by atoms with Gasteiger partial charge in [-0.3, -0.25) is 4.68 Å². The molecule has 0 saturated heterocycles. The lowest BCUT2D eigenvalue weighted by Gasteiger charge is -2.03. The first kappa shape index (κ1) is 11.6. The molecule has 0 radical (unpaired) electrons. The van der Waals surface area contributed by atoms with Crippen molar-refractivity contribution in [2.24, 2.45) is 7.05 Å². The first-order valence-corrected chi connectivity index (χ1v) is 5.94. The second kappa shape index (κ2) is 4.65. The summed E-state index contributed by atoms with van der Waals surface area (Å²) in [5.41, 5.74) is 3.54. The minimum Gasteiger partial charge on any atom is -0.275 e. The predicted octanol–water partition coefficient (Wildman–Crippen LogP) is 3.29. The molecule has 3 nitrogen and oxygen atoms in total. The van der Waals surface area contributed by atoms with Gasteiger partial charge in [0.2, 0.25) is 0 Å². The van der Waals surface area contributed by atoms with Crippen LogP contribution in [-0.2, 0) is 7.05 Å². The fourth-order valence-corrected chi connectivity index (χ4v) is 1.93. The molecule has 0 N–H and O–H groups in total. The highest BCUT2D eigenvalue weighted by atomic mass is 19.1. The van der Waals surface area contributed by atoms with Crippen molar-refractivity contribution in [3.63, 3.8) is 0 Å². The van der Waals surface area contributed by atoms with Gasteiger partial charge in [-0.2, -0.15) is 5.10 Å². The SMILES string of the molecule is Cn1cc(-c2cccc(-c3ccc(F)cc3)n2)cn1. The molecule has 1 aromatic carbocycles. The molecule has 0 saturated carbocycles. The first-order valence-electron chi connectivity index (χ1n) is 5.94. The number of halogens is 1. The maximum Gasteiger partial charge on any atom is 0.123 e. The Hall–Kier alpha value is -2.49. The van der Waals surface area contributed by atoms with Crippen LogP contribution in [0.4, 0.5) is 4.39 Å². The standard InChI is InChI=1S/C15H12FN3/c1-19-10-12(9-17-19)15-4-2-3-14(18-15)11-5-7-13(16)8-6-11/h2-10H,1H3. The van der Waals surface area contributed by atoms with Crippen LogP contribution in [0.2, 0.25) is 0 Å². The molecule has 3 aromatic rings. The molecule has 0 aliphatic heterocycles. The number of hydrogen-bond acceptors (Lipinski definition) is 2. The van der Waals surface area contributed by atoms with E-state index < -0.39 is 0 Å². The minimum absolute atomic E-state index is 0.243. The fourth-order valence-electron chi connectivity index (χ4n) is 1.93. The first-order chi connectivity index (χ1) is 9.22. The lowest BCUT2D eigenvalue weighted by Crippen LogP contribution is -1.87. The average Bonchev–Trinajstić information content (AvgIpc) is 2.86. The van der Waals surface area contributed by atoms with E-state index in [9.17, 15) is 4.39 Å². The highest BCUT2D eigenvalue weighted by molar-refractivity contribution is 5.65. The summed E-state index contributed by atoms with van der Waals surface area (Å²) in [6.45, 7) is 0. The van der Waals surface area contributed by atoms with E-state index in [0.29, 0.717) is 0 Å². The summed E-state index contributed by atoms with van der Waals surface area (Å²) in [5.74, 6) is -0.243. The number of benzene rings is 1. The summed E-state index contributed by atoms with van der Waals surface area (Å²) in [5, 5.41) is 4.13. The third-order valence-electron chi connectivity index (χ3n) is 2.89. The van der Waals surface area contributed by atoms with Crippen LogP contribution in [-0.4, -0.2) is 14.8 Å². The predicted molar refractivity (Wildman–Crippen MR) is 71.8 cm³/mol. The molecular formula is C15H12FN3. The van der Waals surface area contributed by atoms with Crippen LogP contribution in [0.15, 0.2) is 54.9 Å². The normalized spacial score (nSPS) is 10.6. The third kappa shape index (κ3) is 2.38. The number of aromatic nitrogens is 3. The highest BCUT2D eigenvalue weighted by Crippen LogP contribution is 2.22. The second-order valence-electron chi connectivity index (χ2n) is 4.32. The van der Waals surface area contributed by atoms with Gasteiger partial charge < -0.3 is 0 Å². The van der Waals surface area contributed by atoms with E-state index >= 15 is 0 Å². The van der Waals surface area contributed by atoms with Gasteiger partial charge in [-0.25, -0.2) is 9.37 Å². The van der Waals surface area contributed by atoms with E-state index in [0.717, 1.165) is 22.5 Å². The lowest BCUT2D eigenvalue weighted by atomic mass is 10.1. The molecule has 94 valence electrons. The van der Waals surface area contributed by atoms with Gasteiger partial charge in [0.25, 0.3) is 0 Å². The van der Waals surface area contributed by atoms with Crippen LogP contribution in [0, 0.1) is 5.82 Å². The molecule has 0 atom stereocenters. The maximum absolute atomic E-state index is 12.9. The van der Waals surface area contributed by atoms with Gasteiger partial charge in [0.05, 0.1) is 17.6 Å². The molecule has 4 heteroatoms. The van der Waals surface area contributed by atoms with Crippen molar-refractivity contribution in [3.8, 4) is 22.5 Å². The Morgan fingerprint density at radius 1 is 0.947 bits per heavy atom. The van der Waals surface area contributed by atoms with E-state index in [1.807, 2.05) is 31.4 Å². The molecule has 19 heavy (non-hydrogen) atoms. The van der Waals surface area contributed by atoms with Gasteiger partial charge in [0.1, 0.15) is 5.82 Å². The van der Waals surface area contributed by atoms with Gasteiger partial charge in [-0.1, -0.05) is 6.07 Å². The van der Waals surface area contributed by atoms with Crippen LogP contribution in [0.1, 0.15) is 0 Å². The zero-order valence-corrected chi connectivity index (χ0v) is 10.4. The largest absolute Gasteiger partial charge is 0.275 e. The fraction of sp³-hybridized carbons (Fsp3) is 0.0667. The number of hydrogen-bond donors (Lipinski definition) is 0. The molecule has 2 aromatic heterocycles. The summed E-state index contributed by atoms with van der Waals surface area (Å²) in [7, 11) is 1.87. The Morgan fingerprint density at radius 2 is 1.63 bits per heavy atom. The summed E-state index contributed by atoms with van der Waals surface area (Å²) in [6.07, 6.45) is 3.69. The van der Waals surface area contributed by atoms with E-state index in [-0.39, 0.29) is 5.82 Å². The monoisotopic (exact) mass is 253 g/mol. The van der Waals surface area contributed by atoms with Crippen LogP contribution >= 0.6 is 0 Å². The Bertz CT molecular complexity index is 701. The number of aryl methyl sites for hydroxylation is 1. The van der Waals surface area contributed by atoms with Crippen molar-refractivity contribution in [2.75, 3.05) is 0 Å². The van der Waals surface area contributed by atoms with E-state index in [1.54, 1.807) is 23.0 Å². The zero-order valence-electron chi connectivity index (χ0n) is 10.4. The summed E-state index contributed by atoms with van der Waals surface area (Å²) in [6, 6.07) is 12.1. The van der Waals surface area contributed by atoms with E-state index in [2.05, 4.69) is 10.1 Å². The summed E-state index contributed by atoms with van der Waals surface area (Å²) in [4.78, 5) is 4.58. The van der Waals surface area contributed by atoms with E-state index in [4.69, 9.17) is 0 Å². The molecule has 2 heterocycles. The number of rotatable bonds is 2. The third-order valence-corrected chi connectivity index (χ3v) is 2.89. The van der Waals surface area contributed by atoms with Gasteiger partial charge in [-0.15, -0.1) is 0 Å². The summed E-state index contributed by atoms with van der Waals surface area (Å²) < 4.78 is 14.7. The average molecular weight is 253 g/mol. The van der Waals surface area contributed by atoms with Gasteiger partial charge in [0, 0.05) is 24.4 Å². The van der Waals surface area contributed by atoms with Crippen LogP contribution in [0.25, 0.3) is 22.5 Å². The Kier molecular flexibility index (Phi) is 2.83. The maximum atomic E-state index is 12.9. The van der Waals surface area contributed by atoms with Crippen molar-refractivity contribution in [1.82, 2.24) is 14.8 Å². The summed E-state index contributed by atoms with van der Waals surface area (Å²) >= 11 is 0. The lowest BCUT2D eigenvalue weighted by molar-refractivity contribution is 0.628. The molecule has 0 aliphatic rings. The molecular weight excluding hydrogens is 241 g/mol. The Morgan fingerprint density at radius 3 is 2.26 bits per heavy atom. The van der Waals surface area contributed by atoms with Crippen LogP contribution < -0.4 is 0 Å². The van der Waals surface area contributed by atoms with Crippen molar-refractivity contribution in [2.45, 2.75) is 0 Å². The molecule has 0 aliphatic carbocycles. The smallest absolute Gasteiger partial charge is 0.123 e. The molecule has 3 rings (SSSR count). The highest BCUT2D eigenvalue weighted by Gasteiger charge is 2.05. The second-order valence-corrected chi connectivity index (χ2v) is 4.32. The van der Waals surface area contributed by atoms with Crippen molar-refractivity contribution in [3.05, 3.63) is 60.7 Å². The van der Waals surface area contributed by atoms with Crippen LogP contribution in [0.3, 0.4) is 0 Å². The minimum atomic E-state index is -0.243. The molecule has 0 spiro atoms. The molecule has 0 unspecified atom stereocenters. The molecule has 0 fully saturated rings. The zero-order chi connectivity index (χ0) is 13.2. The van der Waals surface area contributed by atoms with E-state index in [1.165, 1.54) is 12.1 Å². The van der Waals surface area contributed by atoms with Crippen molar-refractivity contribution < 1.29 is 4.39 Å². The topological polar surface area (TPSA) is 30.7 Å². The van der Waals surface area contributed by atoms with Gasteiger partial charge >= 0.3 is 0 Å². The van der Waals surface area contributed by atoms with Gasteiger partial charge in [-0.05, 0) is 36.4 Å². The molecule has 0 amide bonds. The Labute approximate surface area is 110 Å². The van der Waals surface area contributed by atoms with Crippen molar-refractivity contribution >= 4 is 0 Å². The molecule has 0 bridgehead atoms. The van der Waals surface area contributed by atoms with Gasteiger partial charge in [0.15, 0.2) is 0 Å².